The lowest BCUT2D eigenvalue weighted by Crippen LogP contribution is -2.50. The highest BCUT2D eigenvalue weighted by molar-refractivity contribution is 5.67. The van der Waals surface area contributed by atoms with Crippen molar-refractivity contribution in [3.8, 4) is 11.5 Å². The van der Waals surface area contributed by atoms with E-state index in [9.17, 15) is 4.79 Å². The smallest absolute Gasteiger partial charge is 0.407 e. The number of rotatable bonds is 6. The molecule has 6 nitrogen and oxygen atoms in total. The highest BCUT2D eigenvalue weighted by atomic mass is 16.6. The molecule has 0 saturated carbocycles. The van der Waals surface area contributed by atoms with Crippen LogP contribution in [0.1, 0.15) is 50.8 Å². The molecule has 6 heteroatoms. The van der Waals surface area contributed by atoms with Crippen molar-refractivity contribution in [2.45, 2.75) is 52.2 Å². The van der Waals surface area contributed by atoms with Crippen LogP contribution in [0.15, 0.2) is 12.1 Å². The third-order valence-corrected chi connectivity index (χ3v) is 5.92. The van der Waals surface area contributed by atoms with E-state index in [0.717, 1.165) is 43.9 Å². The fraction of sp³-hybridized carbons (Fsp3) is 0.682. The molecule has 2 aliphatic rings. The highest BCUT2D eigenvalue weighted by Crippen LogP contribution is 2.44. The molecule has 2 aliphatic heterocycles. The van der Waals surface area contributed by atoms with E-state index in [4.69, 9.17) is 14.2 Å². The zero-order chi connectivity index (χ0) is 20.3. The minimum absolute atomic E-state index is 0.0748. The minimum atomic E-state index is -0.307. The molecular formula is C22H34N2O4. The maximum Gasteiger partial charge on any atom is 0.407 e. The fourth-order valence-corrected chi connectivity index (χ4v) is 4.71. The number of fused-ring (bicyclic) bond motifs is 3. The molecule has 156 valence electrons. The van der Waals surface area contributed by atoms with Gasteiger partial charge in [-0.15, -0.1) is 0 Å². The number of nitrogens with one attached hydrogen (secondary N) is 1. The molecule has 0 spiro atoms. The molecule has 28 heavy (non-hydrogen) atoms. The number of hydrogen-bond donors (Lipinski definition) is 1. The zero-order valence-electron chi connectivity index (χ0n) is 17.8. The fourth-order valence-electron chi connectivity index (χ4n) is 4.71. The Balaban J connectivity index is 1.87. The molecule has 0 aliphatic carbocycles. The van der Waals surface area contributed by atoms with Crippen molar-refractivity contribution in [1.82, 2.24) is 10.2 Å². The first-order valence-electron chi connectivity index (χ1n) is 10.4. The molecular weight excluding hydrogens is 356 g/mol. The van der Waals surface area contributed by atoms with E-state index >= 15 is 0 Å². The van der Waals surface area contributed by atoms with Gasteiger partial charge in [0.05, 0.1) is 14.2 Å². The molecule has 1 saturated heterocycles. The Morgan fingerprint density at radius 2 is 1.96 bits per heavy atom. The molecule has 0 radical (unpaired) electrons. The predicted molar refractivity (Wildman–Crippen MR) is 109 cm³/mol. The van der Waals surface area contributed by atoms with E-state index in [-0.39, 0.29) is 18.2 Å². The molecule has 0 aromatic heterocycles. The van der Waals surface area contributed by atoms with E-state index in [1.807, 2.05) is 6.92 Å². The molecule has 1 aromatic carbocycles. The number of methoxy groups -OCH3 is 2. The topological polar surface area (TPSA) is 60.0 Å². The van der Waals surface area contributed by atoms with Crippen LogP contribution in [0.2, 0.25) is 0 Å². The van der Waals surface area contributed by atoms with Gasteiger partial charge in [-0.1, -0.05) is 13.8 Å². The van der Waals surface area contributed by atoms with E-state index in [1.54, 1.807) is 14.2 Å². The average molecular weight is 391 g/mol. The van der Waals surface area contributed by atoms with Gasteiger partial charge in [0, 0.05) is 38.0 Å². The third kappa shape index (κ3) is 4.37. The summed E-state index contributed by atoms with van der Waals surface area (Å²) in [7, 11) is 3.35. The Kier molecular flexibility index (Phi) is 6.70. The number of hydrogen-bond acceptors (Lipinski definition) is 5. The van der Waals surface area contributed by atoms with E-state index in [2.05, 4.69) is 36.2 Å². The molecule has 3 atom stereocenters. The average Bonchev–Trinajstić information content (AvgIpc) is 2.67. The summed E-state index contributed by atoms with van der Waals surface area (Å²) in [6.07, 6.45) is 2.50. The van der Waals surface area contributed by atoms with Gasteiger partial charge in [-0.3, -0.25) is 4.90 Å². The van der Waals surface area contributed by atoms with Crippen LogP contribution in [0.4, 0.5) is 4.79 Å². The monoisotopic (exact) mass is 390 g/mol. The van der Waals surface area contributed by atoms with E-state index in [1.165, 1.54) is 11.1 Å². The predicted octanol–water partition coefficient (Wildman–Crippen LogP) is 3.78. The van der Waals surface area contributed by atoms with Crippen molar-refractivity contribution in [1.29, 1.82) is 0 Å². The molecule has 3 rings (SSSR count). The standard InChI is InChI=1S/C22H34N2O4/c1-6-23-22(25)28-19-12-18-17-11-21(27-5)20(26-4)10-15(17)7-8-24(18)13-16(19)9-14(2)3/h10-11,14,16,18-19H,6-9,12-13H2,1-5H3,(H,23,25)/t16-,18-,19-/m1/s1. The second-order valence-electron chi connectivity index (χ2n) is 8.27. The van der Waals surface area contributed by atoms with Crippen molar-refractivity contribution in [3.63, 3.8) is 0 Å². The molecule has 2 heterocycles. The van der Waals surface area contributed by atoms with Crippen LogP contribution in [0.5, 0.6) is 11.5 Å². The lowest BCUT2D eigenvalue weighted by molar-refractivity contribution is -0.0291. The largest absolute Gasteiger partial charge is 0.493 e. The molecule has 0 unspecified atom stereocenters. The summed E-state index contributed by atoms with van der Waals surface area (Å²) in [4.78, 5) is 14.7. The van der Waals surface area contributed by atoms with Gasteiger partial charge in [0.25, 0.3) is 0 Å². The first kappa shape index (κ1) is 20.8. The minimum Gasteiger partial charge on any atom is -0.493 e. The van der Waals surface area contributed by atoms with Crippen molar-refractivity contribution in [3.05, 3.63) is 23.3 Å². The first-order valence-corrected chi connectivity index (χ1v) is 10.4. The van der Waals surface area contributed by atoms with Crippen molar-refractivity contribution >= 4 is 6.09 Å². The number of alkyl carbamates (subject to hydrolysis) is 1. The van der Waals surface area contributed by atoms with Gasteiger partial charge < -0.3 is 19.5 Å². The first-order chi connectivity index (χ1) is 13.5. The SMILES string of the molecule is CCNC(=O)O[C@@H]1C[C@@H]2c3cc(OC)c(OC)cc3CCN2C[C@H]1CC(C)C. The number of benzene rings is 1. The normalized spacial score (nSPS) is 24.3. The van der Waals surface area contributed by atoms with Crippen LogP contribution in [0.25, 0.3) is 0 Å². The number of nitrogens with zero attached hydrogens (tertiary/aromatic N) is 1. The summed E-state index contributed by atoms with van der Waals surface area (Å²) in [6, 6.07) is 4.45. The van der Waals surface area contributed by atoms with Gasteiger partial charge in [0.1, 0.15) is 6.10 Å². The van der Waals surface area contributed by atoms with Gasteiger partial charge in [0.15, 0.2) is 11.5 Å². The Hall–Kier alpha value is -1.95. The second-order valence-corrected chi connectivity index (χ2v) is 8.27. The number of piperidine rings is 1. The van der Waals surface area contributed by atoms with Crippen LogP contribution in [-0.4, -0.2) is 51.0 Å². The van der Waals surface area contributed by atoms with E-state index < -0.39 is 0 Å². The van der Waals surface area contributed by atoms with Gasteiger partial charge in [-0.25, -0.2) is 4.79 Å². The van der Waals surface area contributed by atoms with Gasteiger partial charge in [-0.05, 0) is 48.9 Å². The van der Waals surface area contributed by atoms with Crippen molar-refractivity contribution < 1.29 is 19.0 Å². The van der Waals surface area contributed by atoms with Crippen LogP contribution in [0.3, 0.4) is 0 Å². The van der Waals surface area contributed by atoms with Crippen molar-refractivity contribution in [2.75, 3.05) is 33.9 Å². The summed E-state index contributed by atoms with van der Waals surface area (Å²) in [5, 5.41) is 2.78. The van der Waals surface area contributed by atoms with Gasteiger partial charge in [0.2, 0.25) is 0 Å². The lowest BCUT2D eigenvalue weighted by atomic mass is 9.79. The number of amides is 1. The van der Waals surface area contributed by atoms with Crippen LogP contribution in [0, 0.1) is 11.8 Å². The molecule has 1 amide bonds. The summed E-state index contributed by atoms with van der Waals surface area (Å²) in [6.45, 7) is 8.94. The Bertz CT molecular complexity index is 691. The summed E-state index contributed by atoms with van der Waals surface area (Å²) in [5.74, 6) is 2.47. The molecule has 1 fully saturated rings. The molecule has 0 bridgehead atoms. The number of carbonyl (C=O) groups is 1. The van der Waals surface area contributed by atoms with Gasteiger partial charge in [-0.2, -0.15) is 0 Å². The second kappa shape index (κ2) is 9.03. The van der Waals surface area contributed by atoms with Crippen LogP contribution >= 0.6 is 0 Å². The zero-order valence-corrected chi connectivity index (χ0v) is 17.8. The highest BCUT2D eigenvalue weighted by Gasteiger charge is 2.41. The summed E-state index contributed by atoms with van der Waals surface area (Å²) in [5.41, 5.74) is 2.58. The number of carbonyl (C=O) groups excluding carboxylic acids is 1. The van der Waals surface area contributed by atoms with Gasteiger partial charge >= 0.3 is 6.09 Å². The Labute approximate surface area is 168 Å². The maximum atomic E-state index is 12.1. The quantitative estimate of drug-likeness (QED) is 0.801. The van der Waals surface area contributed by atoms with E-state index in [0.29, 0.717) is 18.4 Å². The summed E-state index contributed by atoms with van der Waals surface area (Å²) >= 11 is 0. The molecule has 1 aromatic rings. The maximum absolute atomic E-state index is 12.1. The lowest BCUT2D eigenvalue weighted by Gasteiger charge is -2.47. The number of ether oxygens (including phenoxy) is 3. The third-order valence-electron chi connectivity index (χ3n) is 5.92. The van der Waals surface area contributed by atoms with Crippen molar-refractivity contribution in [2.24, 2.45) is 11.8 Å². The van der Waals surface area contributed by atoms with Crippen LogP contribution < -0.4 is 14.8 Å². The Morgan fingerprint density at radius 3 is 2.61 bits per heavy atom. The van der Waals surface area contributed by atoms with Crippen LogP contribution in [-0.2, 0) is 11.2 Å². The summed E-state index contributed by atoms with van der Waals surface area (Å²) < 4.78 is 16.9. The Morgan fingerprint density at radius 1 is 1.25 bits per heavy atom. The molecule has 1 N–H and O–H groups in total.